The van der Waals surface area contributed by atoms with E-state index in [1.165, 1.54) is 47.5 Å². The van der Waals surface area contributed by atoms with Gasteiger partial charge in [-0.2, -0.15) is 0 Å². The van der Waals surface area contributed by atoms with Crippen LogP contribution in [0.1, 0.15) is 0 Å². The number of benzene rings is 10. The van der Waals surface area contributed by atoms with Crippen LogP contribution >= 0.6 is 11.3 Å². The molecule has 68 heavy (non-hydrogen) atoms. The Morgan fingerprint density at radius 1 is 0.397 bits per heavy atom. The molecular formula is C62H36N4OS. The monoisotopic (exact) mass is 884 g/mol. The maximum atomic E-state index is 6.30. The number of hydrogen-bond acceptors (Lipinski definition) is 4. The van der Waals surface area contributed by atoms with Crippen LogP contribution in [0.2, 0.25) is 0 Å². The minimum Gasteiger partial charge on any atom is -0.456 e. The largest absolute Gasteiger partial charge is 0.456 e. The number of fused-ring (bicyclic) bond motifs is 14. The highest BCUT2D eigenvalue weighted by molar-refractivity contribution is 7.23. The van der Waals surface area contributed by atoms with Gasteiger partial charge in [0.2, 0.25) is 5.95 Å². The van der Waals surface area contributed by atoms with Crippen molar-refractivity contribution in [3.63, 3.8) is 0 Å². The molecule has 0 saturated carbocycles. The van der Waals surface area contributed by atoms with Crippen molar-refractivity contribution in [3.05, 3.63) is 218 Å². The van der Waals surface area contributed by atoms with Gasteiger partial charge in [-0.15, -0.1) is 11.3 Å². The molecule has 0 N–H and O–H groups in total. The first kappa shape index (κ1) is 37.4. The molecule has 15 aromatic rings. The molecule has 0 atom stereocenters. The van der Waals surface area contributed by atoms with Crippen molar-refractivity contribution in [2.75, 3.05) is 0 Å². The molecular weight excluding hydrogens is 849 g/mol. The Morgan fingerprint density at radius 3 is 1.99 bits per heavy atom. The van der Waals surface area contributed by atoms with E-state index >= 15 is 0 Å². The number of rotatable bonds is 5. The van der Waals surface area contributed by atoms with Crippen molar-refractivity contribution in [1.82, 2.24) is 19.1 Å². The summed E-state index contributed by atoms with van der Waals surface area (Å²) in [6.07, 6.45) is 0. The maximum absolute atomic E-state index is 6.30. The number of furan rings is 1. The van der Waals surface area contributed by atoms with Gasteiger partial charge >= 0.3 is 0 Å². The Balaban J connectivity index is 0.994. The smallest absolute Gasteiger partial charge is 0.235 e. The van der Waals surface area contributed by atoms with Crippen LogP contribution in [0.4, 0.5) is 0 Å². The summed E-state index contributed by atoms with van der Waals surface area (Å²) in [5.74, 6) is 0.642. The fraction of sp³-hybridized carbons (Fsp3) is 0. The van der Waals surface area contributed by atoms with Crippen LogP contribution in [0.3, 0.4) is 0 Å². The van der Waals surface area contributed by atoms with Crippen LogP contribution in [0, 0.1) is 0 Å². The second-order valence-corrected chi connectivity index (χ2v) is 18.7. The van der Waals surface area contributed by atoms with Crippen molar-refractivity contribution < 1.29 is 4.42 Å². The van der Waals surface area contributed by atoms with E-state index in [1.54, 1.807) is 0 Å². The zero-order chi connectivity index (χ0) is 44.5. The van der Waals surface area contributed by atoms with Gasteiger partial charge in [-0.05, 0) is 87.9 Å². The van der Waals surface area contributed by atoms with Crippen LogP contribution in [0.5, 0.6) is 0 Å². The fourth-order valence-corrected chi connectivity index (χ4v) is 12.1. The van der Waals surface area contributed by atoms with Crippen LogP contribution in [-0.2, 0) is 0 Å². The first-order valence-corrected chi connectivity index (χ1v) is 23.8. The summed E-state index contributed by atoms with van der Waals surface area (Å²) in [5, 5.41) is 11.6. The van der Waals surface area contributed by atoms with Gasteiger partial charge in [-0.1, -0.05) is 158 Å². The second-order valence-electron chi connectivity index (χ2n) is 17.7. The summed E-state index contributed by atoms with van der Waals surface area (Å²) in [4.78, 5) is 12.3. The SMILES string of the molecule is c1ccc(-c2cc3ccc4nc(-n5c6ccc(-c7cccc8c9ccccc9n(-c9ccc%10oc%11ccccc%11c%10c9)c78)cc6c6c7ccccc7ccc65)nc(-c5ccccc5)c4c3s2)cc1. The number of thiophene rings is 1. The highest BCUT2D eigenvalue weighted by atomic mass is 32.1. The number of aromatic nitrogens is 4. The van der Waals surface area contributed by atoms with Gasteiger partial charge in [0.05, 0.1) is 33.3 Å². The molecule has 0 spiro atoms. The van der Waals surface area contributed by atoms with Crippen molar-refractivity contribution >= 4 is 109 Å². The van der Waals surface area contributed by atoms with Gasteiger partial charge in [0.15, 0.2) is 0 Å². The normalized spacial score (nSPS) is 12.1. The maximum Gasteiger partial charge on any atom is 0.235 e. The van der Waals surface area contributed by atoms with E-state index in [2.05, 4.69) is 215 Å². The van der Waals surface area contributed by atoms with E-state index in [-0.39, 0.29) is 0 Å². The minimum absolute atomic E-state index is 0.642. The second kappa shape index (κ2) is 14.3. The lowest BCUT2D eigenvalue weighted by Crippen LogP contribution is -2.03. The van der Waals surface area contributed by atoms with Crippen molar-refractivity contribution in [1.29, 1.82) is 0 Å². The van der Waals surface area contributed by atoms with Gasteiger partial charge in [0, 0.05) is 64.1 Å². The molecule has 5 nitrogen and oxygen atoms in total. The number of nitrogens with zero attached hydrogens (tertiary/aromatic N) is 4. The number of para-hydroxylation sites is 3. The molecule has 0 fully saturated rings. The van der Waals surface area contributed by atoms with Gasteiger partial charge in [0.25, 0.3) is 0 Å². The van der Waals surface area contributed by atoms with E-state index in [0.717, 1.165) is 88.4 Å². The zero-order valence-electron chi connectivity index (χ0n) is 36.4. The Morgan fingerprint density at radius 2 is 1.10 bits per heavy atom. The molecule has 0 aliphatic rings. The van der Waals surface area contributed by atoms with E-state index < -0.39 is 0 Å². The van der Waals surface area contributed by atoms with Crippen LogP contribution in [0.15, 0.2) is 223 Å². The van der Waals surface area contributed by atoms with Crippen molar-refractivity contribution in [2.45, 2.75) is 0 Å². The topological polar surface area (TPSA) is 48.8 Å². The van der Waals surface area contributed by atoms with Crippen LogP contribution < -0.4 is 0 Å². The van der Waals surface area contributed by atoms with Gasteiger partial charge in [-0.3, -0.25) is 4.57 Å². The highest BCUT2D eigenvalue weighted by Crippen LogP contribution is 2.45. The summed E-state index contributed by atoms with van der Waals surface area (Å²) in [7, 11) is 0. The van der Waals surface area contributed by atoms with Crippen LogP contribution in [-0.4, -0.2) is 19.1 Å². The van der Waals surface area contributed by atoms with Crippen LogP contribution in [0.25, 0.3) is 142 Å². The molecule has 10 aromatic carbocycles. The summed E-state index contributed by atoms with van der Waals surface area (Å²) in [6.45, 7) is 0. The first-order valence-electron chi connectivity index (χ1n) is 23.0. The molecule has 6 heteroatoms. The summed E-state index contributed by atoms with van der Waals surface area (Å²) >= 11 is 1.81. The Hall–Kier alpha value is -8.84. The third-order valence-electron chi connectivity index (χ3n) is 13.9. The molecule has 0 radical (unpaired) electrons. The molecule has 0 aliphatic heterocycles. The number of hydrogen-bond donors (Lipinski definition) is 0. The highest BCUT2D eigenvalue weighted by Gasteiger charge is 2.23. The lowest BCUT2D eigenvalue weighted by atomic mass is 9.98. The average Bonchev–Trinajstić information content (AvgIpc) is 4.18. The minimum atomic E-state index is 0.642. The summed E-state index contributed by atoms with van der Waals surface area (Å²) < 4.78 is 12.2. The predicted molar refractivity (Wildman–Crippen MR) is 285 cm³/mol. The van der Waals surface area contributed by atoms with E-state index in [0.29, 0.717) is 5.95 Å². The average molecular weight is 885 g/mol. The van der Waals surface area contributed by atoms with E-state index in [4.69, 9.17) is 14.4 Å². The van der Waals surface area contributed by atoms with Crippen molar-refractivity contribution in [2.24, 2.45) is 0 Å². The third-order valence-corrected chi connectivity index (χ3v) is 15.1. The zero-order valence-corrected chi connectivity index (χ0v) is 37.2. The molecule has 0 amide bonds. The van der Waals surface area contributed by atoms with E-state index in [1.807, 2.05) is 23.5 Å². The van der Waals surface area contributed by atoms with Gasteiger partial charge < -0.3 is 8.98 Å². The fourth-order valence-electron chi connectivity index (χ4n) is 10.9. The molecule has 15 rings (SSSR count). The Bertz CT molecular complexity index is 4560. The lowest BCUT2D eigenvalue weighted by molar-refractivity contribution is 0.669. The predicted octanol–water partition coefficient (Wildman–Crippen LogP) is 17.1. The summed E-state index contributed by atoms with van der Waals surface area (Å²) in [5.41, 5.74) is 13.7. The molecule has 5 heterocycles. The van der Waals surface area contributed by atoms with Crippen molar-refractivity contribution in [3.8, 4) is 44.5 Å². The third kappa shape index (κ3) is 5.43. The molecule has 0 bridgehead atoms. The Kier molecular flexibility index (Phi) is 7.88. The molecule has 316 valence electrons. The van der Waals surface area contributed by atoms with Gasteiger partial charge in [-0.25, -0.2) is 9.97 Å². The lowest BCUT2D eigenvalue weighted by Gasteiger charge is -2.13. The Labute approximate surface area is 393 Å². The molecule has 0 aliphatic carbocycles. The molecule has 0 unspecified atom stereocenters. The van der Waals surface area contributed by atoms with Gasteiger partial charge in [0.1, 0.15) is 11.2 Å². The molecule has 5 aromatic heterocycles. The summed E-state index contributed by atoms with van der Waals surface area (Å²) in [6, 6.07) is 78.4. The first-order chi connectivity index (χ1) is 33.7. The standard InChI is InChI=1S/C62H36N4OS/c1-3-15-38(16-4-1)56-35-41-26-30-50-58(61(41)68-56)59(39-17-5-2-6-18-39)64-62(63-50)66-52-31-28-40(34-49(52)57-43-19-8-7-14-37(43)27-32-53(57)66)44-22-13-23-47-45-20-9-11-24-51(45)65(60(44)47)42-29-33-55-48(36-42)46-21-10-12-25-54(46)67-55/h1-36H. The van der Waals surface area contributed by atoms with E-state index in [9.17, 15) is 0 Å². The molecule has 0 saturated heterocycles. The quantitative estimate of drug-likeness (QED) is 0.173.